The van der Waals surface area contributed by atoms with Crippen molar-refractivity contribution in [2.75, 3.05) is 12.8 Å². The minimum absolute atomic E-state index is 0.0231. The lowest BCUT2D eigenvalue weighted by Gasteiger charge is -2.11. The van der Waals surface area contributed by atoms with Crippen molar-refractivity contribution in [1.82, 2.24) is 4.72 Å². The molecule has 0 saturated carbocycles. The van der Waals surface area contributed by atoms with E-state index in [0.29, 0.717) is 0 Å². The lowest BCUT2D eigenvalue weighted by Crippen LogP contribution is -2.19. The highest BCUT2D eigenvalue weighted by molar-refractivity contribution is 7.89. The summed E-state index contributed by atoms with van der Waals surface area (Å²) in [5, 5.41) is 0. The summed E-state index contributed by atoms with van der Waals surface area (Å²) in [5.41, 5.74) is 6.58. The van der Waals surface area contributed by atoms with Gasteiger partial charge in [-0.1, -0.05) is 6.07 Å². The highest BCUT2D eigenvalue weighted by Gasteiger charge is 2.16. The molecule has 0 heterocycles. The minimum Gasteiger partial charge on any atom is -0.454 e. The van der Waals surface area contributed by atoms with E-state index in [-0.39, 0.29) is 22.1 Å². The van der Waals surface area contributed by atoms with Crippen LogP contribution in [0.5, 0.6) is 11.5 Å². The van der Waals surface area contributed by atoms with Gasteiger partial charge in [0.2, 0.25) is 10.0 Å². The fourth-order valence-corrected chi connectivity index (χ4v) is 2.60. The number of sulfonamides is 1. The van der Waals surface area contributed by atoms with Crippen LogP contribution in [0.1, 0.15) is 5.56 Å². The van der Waals surface area contributed by atoms with Gasteiger partial charge in [-0.2, -0.15) is 0 Å². The Hall–Kier alpha value is -2.12. The molecule has 2 aromatic rings. The van der Waals surface area contributed by atoms with Crippen molar-refractivity contribution in [2.24, 2.45) is 0 Å². The zero-order valence-corrected chi connectivity index (χ0v) is 12.4. The maximum atomic E-state index is 13.6. The average Bonchev–Trinajstić information content (AvgIpc) is 2.43. The summed E-state index contributed by atoms with van der Waals surface area (Å²) in [5.74, 6) is -0.197. The van der Waals surface area contributed by atoms with Crippen molar-refractivity contribution in [3.63, 3.8) is 0 Å². The molecule has 2 rings (SSSR count). The lowest BCUT2D eigenvalue weighted by molar-refractivity contribution is 0.441. The fraction of sp³-hybridized carbons (Fsp3) is 0.143. The summed E-state index contributed by atoms with van der Waals surface area (Å²) >= 11 is 0. The first kappa shape index (κ1) is 15.3. The predicted octanol–water partition coefficient (Wildman–Crippen LogP) is 2.42. The number of rotatable bonds is 4. The van der Waals surface area contributed by atoms with Gasteiger partial charge in [0, 0.05) is 6.07 Å². The Balaban J connectivity index is 2.35. The third-order valence-corrected chi connectivity index (χ3v) is 4.34. The molecule has 112 valence electrons. The van der Waals surface area contributed by atoms with E-state index in [1.54, 1.807) is 12.1 Å². The van der Waals surface area contributed by atoms with Crippen LogP contribution in [0.25, 0.3) is 0 Å². The summed E-state index contributed by atoms with van der Waals surface area (Å²) in [7, 11) is -2.35. The van der Waals surface area contributed by atoms with Gasteiger partial charge in [-0.3, -0.25) is 0 Å². The van der Waals surface area contributed by atoms with Gasteiger partial charge in [-0.05, 0) is 43.8 Å². The van der Waals surface area contributed by atoms with Crippen LogP contribution in [0.4, 0.5) is 10.1 Å². The van der Waals surface area contributed by atoms with Gasteiger partial charge in [-0.25, -0.2) is 17.5 Å². The van der Waals surface area contributed by atoms with Crippen LogP contribution in [-0.2, 0) is 10.0 Å². The van der Waals surface area contributed by atoms with E-state index in [2.05, 4.69) is 4.72 Å². The number of halogens is 1. The molecule has 2 aromatic carbocycles. The third-order valence-electron chi connectivity index (χ3n) is 2.85. The van der Waals surface area contributed by atoms with Gasteiger partial charge in [0.15, 0.2) is 11.6 Å². The first-order valence-electron chi connectivity index (χ1n) is 6.10. The summed E-state index contributed by atoms with van der Waals surface area (Å²) in [6, 6.07) is 8.54. The minimum atomic E-state index is -3.64. The molecule has 0 radical (unpaired) electrons. The Labute approximate surface area is 122 Å². The molecule has 0 fully saturated rings. The smallest absolute Gasteiger partial charge is 0.242 e. The molecule has 5 nitrogen and oxygen atoms in total. The van der Waals surface area contributed by atoms with Crippen LogP contribution in [0.15, 0.2) is 41.3 Å². The van der Waals surface area contributed by atoms with Crippen molar-refractivity contribution < 1.29 is 17.5 Å². The van der Waals surface area contributed by atoms with Crippen LogP contribution in [0, 0.1) is 12.7 Å². The van der Waals surface area contributed by atoms with Crippen LogP contribution >= 0.6 is 0 Å². The number of nitrogens with two attached hydrogens (primary N) is 1. The highest BCUT2D eigenvalue weighted by Crippen LogP contribution is 2.29. The number of ether oxygens (including phenoxy) is 1. The van der Waals surface area contributed by atoms with Crippen LogP contribution in [-0.4, -0.2) is 15.5 Å². The molecular formula is C14H15FN2O3S. The number of anilines is 1. The van der Waals surface area contributed by atoms with Crippen LogP contribution < -0.4 is 15.2 Å². The quantitative estimate of drug-likeness (QED) is 0.850. The van der Waals surface area contributed by atoms with Gasteiger partial charge in [0.25, 0.3) is 0 Å². The van der Waals surface area contributed by atoms with Crippen molar-refractivity contribution in [1.29, 1.82) is 0 Å². The zero-order valence-electron chi connectivity index (χ0n) is 11.6. The number of aryl methyl sites for hydroxylation is 1. The van der Waals surface area contributed by atoms with Crippen molar-refractivity contribution in [2.45, 2.75) is 11.8 Å². The van der Waals surface area contributed by atoms with Crippen molar-refractivity contribution in [3.05, 3.63) is 47.8 Å². The van der Waals surface area contributed by atoms with Crippen LogP contribution in [0.2, 0.25) is 0 Å². The molecule has 7 heteroatoms. The Morgan fingerprint density at radius 3 is 2.52 bits per heavy atom. The van der Waals surface area contributed by atoms with E-state index < -0.39 is 15.8 Å². The lowest BCUT2D eigenvalue weighted by atomic mass is 10.2. The van der Waals surface area contributed by atoms with E-state index in [1.165, 1.54) is 31.3 Å². The van der Waals surface area contributed by atoms with Gasteiger partial charge in [0.05, 0.1) is 5.69 Å². The van der Waals surface area contributed by atoms with Crippen molar-refractivity contribution >= 4 is 15.7 Å². The molecule has 0 aliphatic carbocycles. The second-order valence-corrected chi connectivity index (χ2v) is 6.30. The standard InChI is InChI=1S/C14H15FN2O3S/c1-9-3-5-11(15)13(7-9)20-10-4-6-14(12(16)8-10)21(18,19)17-2/h3-8,17H,16H2,1-2H3. The van der Waals surface area contributed by atoms with E-state index in [9.17, 15) is 12.8 Å². The van der Waals surface area contributed by atoms with Crippen LogP contribution in [0.3, 0.4) is 0 Å². The summed E-state index contributed by atoms with van der Waals surface area (Å²) < 4.78 is 44.6. The summed E-state index contributed by atoms with van der Waals surface area (Å²) in [6.45, 7) is 1.81. The molecule has 0 amide bonds. The number of hydrogen-bond donors (Lipinski definition) is 2. The largest absolute Gasteiger partial charge is 0.454 e. The molecule has 0 aliphatic rings. The first-order valence-corrected chi connectivity index (χ1v) is 7.59. The van der Waals surface area contributed by atoms with Gasteiger partial charge in [-0.15, -0.1) is 0 Å². The number of nitrogens with one attached hydrogen (secondary N) is 1. The molecule has 0 saturated heterocycles. The molecule has 0 atom stereocenters. The molecular weight excluding hydrogens is 295 g/mol. The zero-order chi connectivity index (χ0) is 15.6. The molecule has 0 bridgehead atoms. The van der Waals surface area contributed by atoms with E-state index in [1.807, 2.05) is 6.92 Å². The Morgan fingerprint density at radius 1 is 1.19 bits per heavy atom. The summed E-state index contributed by atoms with van der Waals surface area (Å²) in [6.07, 6.45) is 0. The topological polar surface area (TPSA) is 81.4 Å². The Morgan fingerprint density at radius 2 is 1.90 bits per heavy atom. The second kappa shape index (κ2) is 5.71. The number of benzene rings is 2. The maximum Gasteiger partial charge on any atom is 0.242 e. The maximum absolute atomic E-state index is 13.6. The second-order valence-electron chi connectivity index (χ2n) is 4.44. The van der Waals surface area contributed by atoms with Gasteiger partial charge >= 0.3 is 0 Å². The normalized spacial score (nSPS) is 11.4. The van der Waals surface area contributed by atoms with Gasteiger partial charge < -0.3 is 10.5 Å². The Kier molecular flexibility index (Phi) is 4.15. The van der Waals surface area contributed by atoms with E-state index in [4.69, 9.17) is 10.5 Å². The number of nitrogen functional groups attached to an aromatic ring is 1. The van der Waals surface area contributed by atoms with Gasteiger partial charge in [0.1, 0.15) is 10.6 Å². The molecule has 0 unspecified atom stereocenters. The molecule has 21 heavy (non-hydrogen) atoms. The highest BCUT2D eigenvalue weighted by atomic mass is 32.2. The fourth-order valence-electron chi connectivity index (χ4n) is 1.76. The van der Waals surface area contributed by atoms with E-state index >= 15 is 0 Å². The third kappa shape index (κ3) is 3.32. The number of hydrogen-bond acceptors (Lipinski definition) is 4. The monoisotopic (exact) mass is 310 g/mol. The molecule has 0 aromatic heterocycles. The van der Waals surface area contributed by atoms with Crippen molar-refractivity contribution in [3.8, 4) is 11.5 Å². The van der Waals surface area contributed by atoms with E-state index in [0.717, 1.165) is 5.56 Å². The first-order chi connectivity index (χ1) is 9.83. The molecule has 0 aliphatic heterocycles. The molecule has 3 N–H and O–H groups in total. The summed E-state index contributed by atoms with van der Waals surface area (Å²) in [4.78, 5) is -0.0536. The predicted molar refractivity (Wildman–Crippen MR) is 78.3 cm³/mol. The average molecular weight is 310 g/mol. The Bertz CT molecular complexity index is 776. The molecule has 0 spiro atoms. The SMILES string of the molecule is CNS(=O)(=O)c1ccc(Oc2cc(C)ccc2F)cc1N.